The molecule has 1 aliphatic heterocycles. The lowest BCUT2D eigenvalue weighted by Gasteiger charge is -2.35. The predicted molar refractivity (Wildman–Crippen MR) is 117 cm³/mol. The Labute approximate surface area is 178 Å². The molecular weight excluding hydrogens is 396 g/mol. The van der Waals surface area contributed by atoms with Crippen LogP contribution in [0.25, 0.3) is 27.7 Å². The number of rotatable bonds is 2. The maximum atomic E-state index is 15.6. The molecule has 2 aliphatic rings. The van der Waals surface area contributed by atoms with Crippen LogP contribution in [-0.4, -0.2) is 19.7 Å². The zero-order valence-electron chi connectivity index (χ0n) is 17.9. The van der Waals surface area contributed by atoms with Crippen LogP contribution in [0.5, 0.6) is 0 Å². The standard InChI is InChI=1S/C24H23F2N5/c1-11-10-27-19-15(11)7-14(25)8-17(19)16-9-18(26)20-21(12(16)2)31-22(13-5-6-13)29-30-23(31)24(3,4)28-20/h7-10,13,27-28H,5-6H2,1-4H3. The van der Waals surface area contributed by atoms with Gasteiger partial charge in [-0.05, 0) is 75.4 Å². The van der Waals surface area contributed by atoms with Crippen molar-refractivity contribution in [1.29, 1.82) is 0 Å². The number of hydrogen-bond donors (Lipinski definition) is 2. The Bertz CT molecular complexity index is 1390. The van der Waals surface area contributed by atoms with Crippen LogP contribution in [-0.2, 0) is 5.54 Å². The maximum absolute atomic E-state index is 15.6. The van der Waals surface area contributed by atoms with Crippen molar-refractivity contribution in [3.8, 4) is 16.8 Å². The molecule has 0 bridgehead atoms. The van der Waals surface area contributed by atoms with E-state index in [0.717, 1.165) is 52.2 Å². The Morgan fingerprint density at radius 3 is 2.58 bits per heavy atom. The molecule has 2 N–H and O–H groups in total. The molecule has 1 saturated carbocycles. The number of hydrogen-bond acceptors (Lipinski definition) is 3. The van der Waals surface area contributed by atoms with E-state index in [0.29, 0.717) is 22.7 Å². The van der Waals surface area contributed by atoms with Crippen molar-refractivity contribution in [2.75, 3.05) is 5.32 Å². The number of aromatic amines is 1. The molecule has 0 amide bonds. The van der Waals surface area contributed by atoms with Gasteiger partial charge in [-0.3, -0.25) is 4.57 Å². The van der Waals surface area contributed by atoms with Crippen molar-refractivity contribution in [1.82, 2.24) is 19.7 Å². The number of halogens is 2. The van der Waals surface area contributed by atoms with Crippen molar-refractivity contribution in [2.45, 2.75) is 52.0 Å². The van der Waals surface area contributed by atoms with Gasteiger partial charge in [0.25, 0.3) is 0 Å². The van der Waals surface area contributed by atoms with Gasteiger partial charge in [-0.1, -0.05) is 0 Å². The highest BCUT2D eigenvalue weighted by Crippen LogP contribution is 2.48. The van der Waals surface area contributed by atoms with Crippen LogP contribution in [0.2, 0.25) is 0 Å². The molecule has 4 aromatic rings. The minimum Gasteiger partial charge on any atom is -0.369 e. The quantitative estimate of drug-likeness (QED) is 0.429. The summed E-state index contributed by atoms with van der Waals surface area (Å²) in [5.41, 5.74) is 4.52. The molecule has 0 unspecified atom stereocenters. The molecule has 5 nitrogen and oxygen atoms in total. The fourth-order valence-corrected chi connectivity index (χ4v) is 4.85. The summed E-state index contributed by atoms with van der Waals surface area (Å²) in [6.07, 6.45) is 3.98. The molecule has 3 heterocycles. The van der Waals surface area contributed by atoms with Crippen molar-refractivity contribution in [3.63, 3.8) is 0 Å². The van der Waals surface area contributed by atoms with E-state index in [1.54, 1.807) is 0 Å². The van der Waals surface area contributed by atoms with Gasteiger partial charge in [-0.15, -0.1) is 10.2 Å². The van der Waals surface area contributed by atoms with E-state index in [1.165, 1.54) is 18.2 Å². The second kappa shape index (κ2) is 5.93. The molecule has 2 aromatic heterocycles. The third-order valence-electron chi connectivity index (χ3n) is 6.61. The molecule has 7 heteroatoms. The fraction of sp³-hybridized carbons (Fsp3) is 0.333. The van der Waals surface area contributed by atoms with Gasteiger partial charge in [0.1, 0.15) is 17.5 Å². The number of fused-ring (bicyclic) bond motifs is 4. The first-order valence-electron chi connectivity index (χ1n) is 10.6. The summed E-state index contributed by atoms with van der Waals surface area (Å²) in [5.74, 6) is 1.28. The van der Waals surface area contributed by atoms with Crippen LogP contribution in [0.1, 0.15) is 55.4 Å². The number of benzene rings is 2. The second-order valence-electron chi connectivity index (χ2n) is 9.34. The monoisotopic (exact) mass is 419 g/mol. The number of aromatic nitrogens is 4. The fourth-order valence-electron chi connectivity index (χ4n) is 4.85. The summed E-state index contributed by atoms with van der Waals surface area (Å²) in [6, 6.07) is 4.50. The predicted octanol–water partition coefficient (Wildman–Crippen LogP) is 5.85. The summed E-state index contributed by atoms with van der Waals surface area (Å²) < 4.78 is 32.1. The van der Waals surface area contributed by atoms with Crippen LogP contribution < -0.4 is 5.32 Å². The molecule has 0 radical (unpaired) electrons. The summed E-state index contributed by atoms with van der Waals surface area (Å²) in [5, 5.41) is 13.1. The zero-order valence-corrected chi connectivity index (χ0v) is 17.9. The lowest BCUT2D eigenvalue weighted by molar-refractivity contribution is 0.520. The van der Waals surface area contributed by atoms with Crippen molar-refractivity contribution in [2.24, 2.45) is 0 Å². The van der Waals surface area contributed by atoms with Gasteiger partial charge < -0.3 is 10.3 Å². The number of aryl methyl sites for hydroxylation is 1. The number of nitrogens with one attached hydrogen (secondary N) is 2. The third kappa shape index (κ3) is 2.52. The van der Waals surface area contributed by atoms with Gasteiger partial charge in [-0.2, -0.15) is 0 Å². The van der Waals surface area contributed by atoms with Gasteiger partial charge in [0.05, 0.1) is 22.4 Å². The van der Waals surface area contributed by atoms with E-state index in [2.05, 4.69) is 20.5 Å². The summed E-state index contributed by atoms with van der Waals surface area (Å²) >= 11 is 0. The number of anilines is 1. The summed E-state index contributed by atoms with van der Waals surface area (Å²) in [6.45, 7) is 7.85. The van der Waals surface area contributed by atoms with Crippen LogP contribution in [0.4, 0.5) is 14.5 Å². The van der Waals surface area contributed by atoms with E-state index in [1.807, 2.05) is 38.5 Å². The van der Waals surface area contributed by atoms with Gasteiger partial charge in [0.2, 0.25) is 0 Å². The Balaban J connectivity index is 1.69. The lowest BCUT2D eigenvalue weighted by atomic mass is 9.92. The first-order valence-corrected chi connectivity index (χ1v) is 10.6. The van der Waals surface area contributed by atoms with E-state index in [4.69, 9.17) is 0 Å². The van der Waals surface area contributed by atoms with Crippen molar-refractivity contribution in [3.05, 3.63) is 58.8 Å². The van der Waals surface area contributed by atoms with Crippen LogP contribution >= 0.6 is 0 Å². The Morgan fingerprint density at radius 2 is 1.84 bits per heavy atom. The first kappa shape index (κ1) is 18.5. The molecule has 31 heavy (non-hydrogen) atoms. The topological polar surface area (TPSA) is 58.5 Å². The first-order chi connectivity index (χ1) is 14.8. The minimum atomic E-state index is -0.565. The highest BCUT2D eigenvalue weighted by atomic mass is 19.1. The maximum Gasteiger partial charge on any atom is 0.162 e. The lowest BCUT2D eigenvalue weighted by Crippen LogP contribution is -2.37. The molecule has 1 aliphatic carbocycles. The SMILES string of the molecule is Cc1c(-c2cc(F)cc3c(C)c[nH]c23)cc(F)c2c1-n1c(C3CC3)nnc1C(C)(C)N2. The normalized spacial score (nSPS) is 16.8. The molecule has 158 valence electrons. The molecule has 2 aromatic carbocycles. The highest BCUT2D eigenvalue weighted by molar-refractivity contribution is 5.98. The van der Waals surface area contributed by atoms with Gasteiger partial charge >= 0.3 is 0 Å². The largest absolute Gasteiger partial charge is 0.369 e. The zero-order chi connectivity index (χ0) is 21.7. The Kier molecular flexibility index (Phi) is 3.55. The van der Waals surface area contributed by atoms with Crippen LogP contribution in [0.3, 0.4) is 0 Å². The second-order valence-corrected chi connectivity index (χ2v) is 9.34. The van der Waals surface area contributed by atoms with Gasteiger partial charge in [0.15, 0.2) is 5.82 Å². The van der Waals surface area contributed by atoms with Crippen molar-refractivity contribution >= 4 is 16.6 Å². The van der Waals surface area contributed by atoms with Crippen molar-refractivity contribution < 1.29 is 8.78 Å². The molecular formula is C24H23F2N5. The molecule has 0 spiro atoms. The molecule has 1 fully saturated rings. The molecule has 6 rings (SSSR count). The summed E-state index contributed by atoms with van der Waals surface area (Å²) in [7, 11) is 0. The smallest absolute Gasteiger partial charge is 0.162 e. The third-order valence-corrected chi connectivity index (χ3v) is 6.61. The highest BCUT2D eigenvalue weighted by Gasteiger charge is 2.41. The average Bonchev–Trinajstić information content (AvgIpc) is 3.35. The number of nitrogens with zero attached hydrogens (tertiary/aromatic N) is 3. The van der Waals surface area contributed by atoms with E-state index < -0.39 is 5.54 Å². The van der Waals surface area contributed by atoms with Gasteiger partial charge in [-0.25, -0.2) is 8.78 Å². The molecule has 0 atom stereocenters. The van der Waals surface area contributed by atoms with Gasteiger partial charge in [0, 0.05) is 23.1 Å². The minimum absolute atomic E-state index is 0.342. The Hall–Kier alpha value is -3.22. The Morgan fingerprint density at radius 1 is 1.06 bits per heavy atom. The average molecular weight is 419 g/mol. The van der Waals surface area contributed by atoms with E-state index in [-0.39, 0.29) is 11.6 Å². The number of H-pyrrole nitrogens is 1. The van der Waals surface area contributed by atoms with E-state index in [9.17, 15) is 4.39 Å². The summed E-state index contributed by atoms with van der Waals surface area (Å²) in [4.78, 5) is 3.24. The van der Waals surface area contributed by atoms with Crippen LogP contribution in [0, 0.1) is 25.5 Å². The molecule has 0 saturated heterocycles. The van der Waals surface area contributed by atoms with Crippen LogP contribution in [0.15, 0.2) is 24.4 Å². The van der Waals surface area contributed by atoms with E-state index >= 15 is 4.39 Å².